The lowest BCUT2D eigenvalue weighted by molar-refractivity contribution is -0.122. The molecule has 1 atom stereocenters. The molecule has 1 aromatic heterocycles. The molecule has 0 radical (unpaired) electrons. The number of hydrogen-bond acceptors (Lipinski definition) is 4. The molecule has 122 valence electrons. The van der Waals surface area contributed by atoms with Crippen LogP contribution in [-0.4, -0.2) is 12.0 Å². The van der Waals surface area contributed by atoms with Gasteiger partial charge in [0, 0.05) is 11.3 Å². The second-order valence-corrected chi connectivity index (χ2v) is 7.39. The van der Waals surface area contributed by atoms with Crippen LogP contribution in [-0.2, 0) is 24.1 Å². The van der Waals surface area contributed by atoms with Gasteiger partial charge < -0.3 is 10.1 Å². The van der Waals surface area contributed by atoms with E-state index in [4.69, 9.17) is 4.74 Å². The molecule has 1 N–H and O–H groups in total. The fraction of sp³-hybridized carbons (Fsp3) is 0.368. The van der Waals surface area contributed by atoms with E-state index in [2.05, 4.69) is 11.4 Å². The zero-order valence-electron chi connectivity index (χ0n) is 13.3. The number of carbonyl (C=O) groups excluding carboxylic acids is 1. The number of nitrogens with zero attached hydrogens (tertiary/aromatic N) is 1. The van der Waals surface area contributed by atoms with Gasteiger partial charge in [0.05, 0.1) is 5.56 Å². The average Bonchev–Trinajstić information content (AvgIpc) is 3.09. The van der Waals surface area contributed by atoms with E-state index in [-0.39, 0.29) is 5.91 Å². The number of carbonyl (C=O) groups is 1. The second-order valence-electron chi connectivity index (χ2n) is 6.29. The third kappa shape index (κ3) is 2.67. The quantitative estimate of drug-likeness (QED) is 0.847. The van der Waals surface area contributed by atoms with Crippen LogP contribution in [0.4, 0.5) is 5.00 Å². The van der Waals surface area contributed by atoms with Crippen molar-refractivity contribution >= 4 is 22.2 Å². The monoisotopic (exact) mass is 338 g/mol. The molecule has 1 aliphatic heterocycles. The third-order valence-corrected chi connectivity index (χ3v) is 5.92. The van der Waals surface area contributed by atoms with Crippen molar-refractivity contribution < 1.29 is 9.53 Å². The van der Waals surface area contributed by atoms with Crippen LogP contribution >= 0.6 is 11.3 Å². The zero-order chi connectivity index (χ0) is 16.5. The molecule has 2 aliphatic rings. The van der Waals surface area contributed by atoms with E-state index < -0.39 is 6.10 Å². The van der Waals surface area contributed by atoms with Crippen LogP contribution in [0.25, 0.3) is 0 Å². The number of rotatable bonds is 2. The SMILES string of the molecule is N#Cc1c(NC(=O)[C@H]2Cc3ccccc3O2)sc2c1CCCCC2. The van der Waals surface area contributed by atoms with Crippen LogP contribution in [0.3, 0.4) is 0 Å². The highest BCUT2D eigenvalue weighted by molar-refractivity contribution is 7.16. The standard InChI is InChI=1S/C19H18N2O2S/c20-11-14-13-7-2-1-3-9-17(13)24-19(14)21-18(22)16-10-12-6-4-5-8-15(12)23-16/h4-6,8,16H,1-3,7,9-10H2,(H,21,22)/t16-/m1/s1. The van der Waals surface area contributed by atoms with E-state index in [1.165, 1.54) is 11.3 Å². The highest BCUT2D eigenvalue weighted by Gasteiger charge is 2.30. The molecule has 1 aromatic carbocycles. The maximum absolute atomic E-state index is 12.6. The largest absolute Gasteiger partial charge is 0.480 e. The first-order chi connectivity index (χ1) is 11.8. The van der Waals surface area contributed by atoms with Crippen molar-refractivity contribution in [2.45, 2.75) is 44.6 Å². The van der Waals surface area contributed by atoms with Crippen LogP contribution < -0.4 is 10.1 Å². The molecule has 24 heavy (non-hydrogen) atoms. The summed E-state index contributed by atoms with van der Waals surface area (Å²) in [7, 11) is 0. The highest BCUT2D eigenvalue weighted by Crippen LogP contribution is 2.37. The fourth-order valence-corrected chi connectivity index (χ4v) is 4.71. The summed E-state index contributed by atoms with van der Waals surface area (Å²) in [6, 6.07) is 10.0. The number of para-hydroxylation sites is 1. The van der Waals surface area contributed by atoms with Crippen molar-refractivity contribution in [3.8, 4) is 11.8 Å². The zero-order valence-corrected chi connectivity index (χ0v) is 14.1. The number of thiophene rings is 1. The first-order valence-corrected chi connectivity index (χ1v) is 9.18. The summed E-state index contributed by atoms with van der Waals surface area (Å²) >= 11 is 1.56. The third-order valence-electron chi connectivity index (χ3n) is 4.71. The van der Waals surface area contributed by atoms with Gasteiger partial charge in [-0.25, -0.2) is 0 Å². The van der Waals surface area contributed by atoms with Gasteiger partial charge in [-0.15, -0.1) is 11.3 Å². The van der Waals surface area contributed by atoms with E-state index in [0.29, 0.717) is 17.0 Å². The first kappa shape index (κ1) is 15.2. The van der Waals surface area contributed by atoms with E-state index >= 15 is 0 Å². The molecule has 4 nitrogen and oxygen atoms in total. The highest BCUT2D eigenvalue weighted by atomic mass is 32.1. The van der Waals surface area contributed by atoms with Crippen LogP contribution in [0.2, 0.25) is 0 Å². The Morgan fingerprint density at radius 2 is 2.08 bits per heavy atom. The molecule has 1 aliphatic carbocycles. The summed E-state index contributed by atoms with van der Waals surface area (Å²) in [5.41, 5.74) is 2.85. The topological polar surface area (TPSA) is 62.1 Å². The predicted octanol–water partition coefficient (Wildman–Crippen LogP) is 3.83. The lowest BCUT2D eigenvalue weighted by atomic mass is 10.1. The van der Waals surface area contributed by atoms with Crippen molar-refractivity contribution in [3.05, 3.63) is 45.8 Å². The van der Waals surface area contributed by atoms with Crippen molar-refractivity contribution in [1.29, 1.82) is 5.26 Å². The second kappa shape index (κ2) is 6.29. The minimum Gasteiger partial charge on any atom is -0.480 e. The number of aryl methyl sites for hydroxylation is 1. The Bertz CT molecular complexity index is 809. The average molecular weight is 338 g/mol. The predicted molar refractivity (Wildman–Crippen MR) is 93.5 cm³/mol. The van der Waals surface area contributed by atoms with Gasteiger partial charge in [-0.1, -0.05) is 24.6 Å². The number of fused-ring (bicyclic) bond motifs is 2. The lowest BCUT2D eigenvalue weighted by Crippen LogP contribution is -2.31. The fourth-order valence-electron chi connectivity index (χ4n) is 3.47. The molecule has 0 unspecified atom stereocenters. The molecule has 2 heterocycles. The summed E-state index contributed by atoms with van der Waals surface area (Å²) in [5.74, 6) is 0.610. The summed E-state index contributed by atoms with van der Waals surface area (Å²) in [6.45, 7) is 0. The van der Waals surface area contributed by atoms with Gasteiger partial charge in [0.1, 0.15) is 16.8 Å². The number of hydrogen-bond donors (Lipinski definition) is 1. The smallest absolute Gasteiger partial charge is 0.266 e. The van der Waals surface area contributed by atoms with Gasteiger partial charge >= 0.3 is 0 Å². The molecule has 0 bridgehead atoms. The Morgan fingerprint density at radius 1 is 1.25 bits per heavy atom. The van der Waals surface area contributed by atoms with Gasteiger partial charge in [-0.2, -0.15) is 5.26 Å². The minimum absolute atomic E-state index is 0.167. The number of ether oxygens (including phenoxy) is 1. The Balaban J connectivity index is 1.54. The molecular formula is C19H18N2O2S. The van der Waals surface area contributed by atoms with Crippen LogP contribution in [0.5, 0.6) is 5.75 Å². The van der Waals surface area contributed by atoms with Gasteiger partial charge in [0.25, 0.3) is 5.91 Å². The van der Waals surface area contributed by atoms with Gasteiger partial charge in [0.2, 0.25) is 0 Å². The summed E-state index contributed by atoms with van der Waals surface area (Å²) < 4.78 is 5.75. The van der Waals surface area contributed by atoms with Crippen molar-refractivity contribution in [3.63, 3.8) is 0 Å². The Morgan fingerprint density at radius 3 is 2.92 bits per heavy atom. The number of nitrogens with one attached hydrogen (secondary N) is 1. The summed E-state index contributed by atoms with van der Waals surface area (Å²) in [6.07, 6.45) is 5.50. The molecule has 0 fully saturated rings. The van der Waals surface area contributed by atoms with Crippen LogP contribution in [0, 0.1) is 11.3 Å². The number of nitriles is 1. The number of amides is 1. The Labute approximate surface area is 145 Å². The molecule has 4 rings (SSSR count). The van der Waals surface area contributed by atoms with Crippen LogP contribution in [0.1, 0.15) is 40.8 Å². The molecular weight excluding hydrogens is 320 g/mol. The maximum atomic E-state index is 12.6. The van der Waals surface area contributed by atoms with Crippen molar-refractivity contribution in [2.24, 2.45) is 0 Å². The van der Waals surface area contributed by atoms with Crippen molar-refractivity contribution in [1.82, 2.24) is 0 Å². The summed E-state index contributed by atoms with van der Waals surface area (Å²) in [5, 5.41) is 13.2. The van der Waals surface area contributed by atoms with E-state index in [1.54, 1.807) is 11.3 Å². The van der Waals surface area contributed by atoms with E-state index in [1.807, 2.05) is 24.3 Å². The maximum Gasteiger partial charge on any atom is 0.266 e. The van der Waals surface area contributed by atoms with Crippen LogP contribution in [0.15, 0.2) is 24.3 Å². The Kier molecular flexibility index (Phi) is 3.99. The van der Waals surface area contributed by atoms with E-state index in [9.17, 15) is 10.1 Å². The first-order valence-electron chi connectivity index (χ1n) is 8.36. The van der Waals surface area contributed by atoms with Gasteiger partial charge in [-0.05, 0) is 42.9 Å². The Hall–Kier alpha value is -2.32. The van der Waals surface area contributed by atoms with E-state index in [0.717, 1.165) is 42.6 Å². The van der Waals surface area contributed by atoms with Gasteiger partial charge in [-0.3, -0.25) is 4.79 Å². The van der Waals surface area contributed by atoms with Gasteiger partial charge in [0.15, 0.2) is 6.10 Å². The lowest BCUT2D eigenvalue weighted by Gasteiger charge is -2.10. The number of benzene rings is 1. The molecule has 0 saturated carbocycles. The molecule has 0 saturated heterocycles. The minimum atomic E-state index is -0.518. The van der Waals surface area contributed by atoms with Crippen molar-refractivity contribution in [2.75, 3.05) is 5.32 Å². The number of anilines is 1. The molecule has 1 amide bonds. The molecule has 0 spiro atoms. The normalized spacial score (nSPS) is 18.7. The molecule has 5 heteroatoms. The molecule has 2 aromatic rings. The summed E-state index contributed by atoms with van der Waals surface area (Å²) in [4.78, 5) is 13.9.